The molecular formula is C13H20N4. The van der Waals surface area contributed by atoms with E-state index in [9.17, 15) is 0 Å². The summed E-state index contributed by atoms with van der Waals surface area (Å²) >= 11 is 0. The molecule has 1 heterocycles. The predicted molar refractivity (Wildman–Crippen MR) is 69.8 cm³/mol. The third-order valence-electron chi connectivity index (χ3n) is 2.56. The van der Waals surface area contributed by atoms with E-state index in [2.05, 4.69) is 29.2 Å². The van der Waals surface area contributed by atoms with Gasteiger partial charge in [-0.05, 0) is 32.1 Å². The molecule has 0 aromatic carbocycles. The fourth-order valence-corrected chi connectivity index (χ4v) is 1.51. The topological polar surface area (TPSA) is 52.0 Å². The molecule has 0 unspecified atom stereocenters. The van der Waals surface area contributed by atoms with Crippen molar-refractivity contribution in [3.8, 4) is 6.07 Å². The lowest BCUT2D eigenvalue weighted by atomic mass is 10.3. The van der Waals surface area contributed by atoms with Crippen LogP contribution in [0.25, 0.3) is 0 Å². The molecule has 0 radical (unpaired) electrons. The van der Waals surface area contributed by atoms with Gasteiger partial charge in [-0.15, -0.1) is 0 Å². The Bertz CT molecular complexity index is 370. The lowest BCUT2D eigenvalue weighted by molar-refractivity contribution is 0.340. The highest BCUT2D eigenvalue weighted by Crippen LogP contribution is 2.03. The molecule has 17 heavy (non-hydrogen) atoms. The summed E-state index contributed by atoms with van der Waals surface area (Å²) in [5.41, 5.74) is 0.453. The third kappa shape index (κ3) is 5.32. The van der Waals surface area contributed by atoms with Crippen molar-refractivity contribution in [2.75, 3.05) is 32.0 Å². The lowest BCUT2D eigenvalue weighted by Gasteiger charge is -2.16. The van der Waals surface area contributed by atoms with Gasteiger partial charge in [0.05, 0.1) is 0 Å². The second kappa shape index (κ2) is 7.64. The van der Waals surface area contributed by atoms with E-state index in [1.165, 1.54) is 12.8 Å². The molecule has 0 saturated heterocycles. The molecule has 0 aliphatic carbocycles. The maximum absolute atomic E-state index is 8.72. The van der Waals surface area contributed by atoms with Gasteiger partial charge in [0.25, 0.3) is 0 Å². The summed E-state index contributed by atoms with van der Waals surface area (Å²) in [5.74, 6) is 0.771. The van der Waals surface area contributed by atoms with Crippen LogP contribution in [0.15, 0.2) is 18.2 Å². The zero-order chi connectivity index (χ0) is 12.5. The Balaban J connectivity index is 2.28. The van der Waals surface area contributed by atoms with Crippen LogP contribution in [0, 0.1) is 11.3 Å². The van der Waals surface area contributed by atoms with Crippen molar-refractivity contribution in [1.82, 2.24) is 9.88 Å². The second-order valence-electron chi connectivity index (χ2n) is 4.10. The van der Waals surface area contributed by atoms with E-state index in [1.807, 2.05) is 18.2 Å². The summed E-state index contributed by atoms with van der Waals surface area (Å²) < 4.78 is 0. The van der Waals surface area contributed by atoms with Gasteiger partial charge in [-0.2, -0.15) is 5.26 Å². The first-order chi connectivity index (χ1) is 8.26. The Morgan fingerprint density at radius 2 is 2.24 bits per heavy atom. The van der Waals surface area contributed by atoms with Crippen LogP contribution in [-0.2, 0) is 0 Å². The SMILES string of the molecule is CCCCN(C)CCNc1cccc(C#N)n1. The van der Waals surface area contributed by atoms with Gasteiger partial charge < -0.3 is 10.2 Å². The van der Waals surface area contributed by atoms with E-state index < -0.39 is 0 Å². The summed E-state index contributed by atoms with van der Waals surface area (Å²) in [6.07, 6.45) is 2.46. The average molecular weight is 232 g/mol. The Hall–Kier alpha value is -1.60. The molecule has 1 aromatic rings. The van der Waals surface area contributed by atoms with Crippen molar-refractivity contribution in [3.05, 3.63) is 23.9 Å². The van der Waals surface area contributed by atoms with E-state index in [4.69, 9.17) is 5.26 Å². The molecule has 4 nitrogen and oxygen atoms in total. The molecule has 0 saturated carbocycles. The van der Waals surface area contributed by atoms with Crippen LogP contribution in [0.1, 0.15) is 25.5 Å². The van der Waals surface area contributed by atoms with Gasteiger partial charge in [-0.3, -0.25) is 0 Å². The highest BCUT2D eigenvalue weighted by molar-refractivity contribution is 5.38. The highest BCUT2D eigenvalue weighted by Gasteiger charge is 1.98. The van der Waals surface area contributed by atoms with Crippen LogP contribution < -0.4 is 5.32 Å². The summed E-state index contributed by atoms with van der Waals surface area (Å²) in [4.78, 5) is 6.46. The van der Waals surface area contributed by atoms with Crippen LogP contribution in [-0.4, -0.2) is 36.6 Å². The fourth-order valence-electron chi connectivity index (χ4n) is 1.51. The number of nitrogens with one attached hydrogen (secondary N) is 1. The van der Waals surface area contributed by atoms with Crippen LogP contribution >= 0.6 is 0 Å². The van der Waals surface area contributed by atoms with Gasteiger partial charge >= 0.3 is 0 Å². The molecule has 0 fully saturated rings. The minimum atomic E-state index is 0.453. The van der Waals surface area contributed by atoms with E-state index in [0.717, 1.165) is 25.5 Å². The zero-order valence-corrected chi connectivity index (χ0v) is 10.6. The third-order valence-corrected chi connectivity index (χ3v) is 2.56. The van der Waals surface area contributed by atoms with Crippen molar-refractivity contribution in [2.45, 2.75) is 19.8 Å². The van der Waals surface area contributed by atoms with Crippen molar-refractivity contribution in [2.24, 2.45) is 0 Å². The molecular weight excluding hydrogens is 212 g/mol. The number of likely N-dealkylation sites (N-methyl/N-ethyl adjacent to an activating group) is 1. The summed E-state index contributed by atoms with van der Waals surface area (Å²) in [6, 6.07) is 7.46. The molecule has 92 valence electrons. The summed E-state index contributed by atoms with van der Waals surface area (Å²) in [6.45, 7) is 5.16. The normalized spacial score (nSPS) is 10.2. The predicted octanol–water partition coefficient (Wildman–Crippen LogP) is 2.10. The highest BCUT2D eigenvalue weighted by atomic mass is 15.1. The van der Waals surface area contributed by atoms with Crippen molar-refractivity contribution in [1.29, 1.82) is 5.26 Å². The first kappa shape index (κ1) is 13.5. The largest absolute Gasteiger partial charge is 0.369 e. The Morgan fingerprint density at radius 3 is 2.94 bits per heavy atom. The minimum absolute atomic E-state index is 0.453. The number of rotatable bonds is 7. The Kier molecular flexibility index (Phi) is 6.05. The molecule has 4 heteroatoms. The van der Waals surface area contributed by atoms with Gasteiger partial charge in [-0.1, -0.05) is 19.4 Å². The first-order valence-electron chi connectivity index (χ1n) is 6.06. The van der Waals surface area contributed by atoms with Crippen molar-refractivity contribution < 1.29 is 0 Å². The van der Waals surface area contributed by atoms with Gasteiger partial charge in [0.2, 0.25) is 0 Å². The molecule has 1 aromatic heterocycles. The first-order valence-corrected chi connectivity index (χ1v) is 6.06. The molecule has 0 aliphatic rings. The van der Waals surface area contributed by atoms with Crippen LogP contribution in [0.3, 0.4) is 0 Å². The fraction of sp³-hybridized carbons (Fsp3) is 0.538. The maximum Gasteiger partial charge on any atom is 0.142 e. The van der Waals surface area contributed by atoms with E-state index in [1.54, 1.807) is 6.07 Å². The van der Waals surface area contributed by atoms with Gasteiger partial charge in [0.15, 0.2) is 0 Å². The summed E-state index contributed by atoms with van der Waals surface area (Å²) in [7, 11) is 2.12. The lowest BCUT2D eigenvalue weighted by Crippen LogP contribution is -2.26. The average Bonchev–Trinajstić information content (AvgIpc) is 2.36. The molecule has 1 rings (SSSR count). The zero-order valence-electron chi connectivity index (χ0n) is 10.6. The smallest absolute Gasteiger partial charge is 0.142 e. The van der Waals surface area contributed by atoms with E-state index >= 15 is 0 Å². The number of aromatic nitrogens is 1. The number of pyridine rings is 1. The molecule has 0 amide bonds. The number of unbranched alkanes of at least 4 members (excludes halogenated alkanes) is 1. The molecule has 1 N–H and O–H groups in total. The van der Waals surface area contributed by atoms with Crippen LogP contribution in [0.4, 0.5) is 5.82 Å². The standard InChI is InChI=1S/C13H20N4/c1-3-4-9-17(2)10-8-15-13-7-5-6-12(11-14)16-13/h5-7H,3-4,8-10H2,1-2H3,(H,15,16). The number of nitriles is 1. The quantitative estimate of drug-likeness (QED) is 0.782. The van der Waals surface area contributed by atoms with Gasteiger partial charge in [-0.25, -0.2) is 4.98 Å². The van der Waals surface area contributed by atoms with Crippen molar-refractivity contribution in [3.63, 3.8) is 0 Å². The summed E-state index contributed by atoms with van der Waals surface area (Å²) in [5, 5.41) is 11.9. The number of anilines is 1. The second-order valence-corrected chi connectivity index (χ2v) is 4.10. The van der Waals surface area contributed by atoms with Crippen molar-refractivity contribution >= 4 is 5.82 Å². The number of nitrogens with zero attached hydrogens (tertiary/aromatic N) is 3. The van der Waals surface area contributed by atoms with Crippen LogP contribution in [0.2, 0.25) is 0 Å². The Labute approximate surface area is 103 Å². The molecule has 0 bridgehead atoms. The minimum Gasteiger partial charge on any atom is -0.369 e. The number of hydrogen-bond acceptors (Lipinski definition) is 4. The molecule has 0 spiro atoms. The maximum atomic E-state index is 8.72. The van der Waals surface area contributed by atoms with E-state index in [-0.39, 0.29) is 0 Å². The van der Waals surface area contributed by atoms with Crippen LogP contribution in [0.5, 0.6) is 0 Å². The van der Waals surface area contributed by atoms with E-state index in [0.29, 0.717) is 5.69 Å². The number of hydrogen-bond donors (Lipinski definition) is 1. The molecule has 0 atom stereocenters. The Morgan fingerprint density at radius 1 is 1.41 bits per heavy atom. The van der Waals surface area contributed by atoms with Gasteiger partial charge in [0.1, 0.15) is 17.6 Å². The van der Waals surface area contributed by atoms with Gasteiger partial charge in [0, 0.05) is 13.1 Å². The molecule has 0 aliphatic heterocycles. The monoisotopic (exact) mass is 232 g/mol.